The molecule has 1 atom stereocenters. The minimum absolute atomic E-state index is 0.0986. The smallest absolute Gasteiger partial charge is 0.223 e. The molecule has 14 heavy (non-hydrogen) atoms. The van der Waals surface area contributed by atoms with Crippen LogP contribution in [0.2, 0.25) is 0 Å². The Balaban J connectivity index is 2.81. The van der Waals surface area contributed by atoms with Crippen molar-refractivity contribution in [3.63, 3.8) is 0 Å². The SMILES string of the molecule is CCc1nc(N)nc(CC(C)OC)n1. The summed E-state index contributed by atoms with van der Waals surface area (Å²) in [5.74, 6) is 1.72. The molecule has 0 spiro atoms. The fraction of sp³-hybridized carbons (Fsp3) is 0.667. The monoisotopic (exact) mass is 196 g/mol. The van der Waals surface area contributed by atoms with Crippen molar-refractivity contribution in [1.82, 2.24) is 15.0 Å². The van der Waals surface area contributed by atoms with E-state index in [1.807, 2.05) is 13.8 Å². The number of ether oxygens (including phenoxy) is 1. The van der Waals surface area contributed by atoms with Crippen LogP contribution in [0.5, 0.6) is 0 Å². The number of hydrogen-bond acceptors (Lipinski definition) is 5. The highest BCUT2D eigenvalue weighted by Gasteiger charge is 2.07. The van der Waals surface area contributed by atoms with Gasteiger partial charge in [-0.05, 0) is 6.92 Å². The van der Waals surface area contributed by atoms with Crippen LogP contribution in [0.25, 0.3) is 0 Å². The molecule has 1 rings (SSSR count). The molecule has 0 amide bonds. The summed E-state index contributed by atoms with van der Waals surface area (Å²) in [6, 6.07) is 0. The molecular weight excluding hydrogens is 180 g/mol. The van der Waals surface area contributed by atoms with Gasteiger partial charge in [-0.3, -0.25) is 0 Å². The fourth-order valence-corrected chi connectivity index (χ4v) is 1.08. The Hall–Kier alpha value is -1.23. The topological polar surface area (TPSA) is 73.9 Å². The molecule has 5 nitrogen and oxygen atoms in total. The van der Waals surface area contributed by atoms with E-state index < -0.39 is 0 Å². The summed E-state index contributed by atoms with van der Waals surface area (Å²) in [6.07, 6.45) is 1.53. The molecule has 0 radical (unpaired) electrons. The number of nitrogens with two attached hydrogens (primary N) is 1. The third-order valence-corrected chi connectivity index (χ3v) is 1.93. The lowest BCUT2D eigenvalue weighted by Crippen LogP contribution is -2.14. The van der Waals surface area contributed by atoms with Gasteiger partial charge in [0.05, 0.1) is 6.10 Å². The van der Waals surface area contributed by atoms with Crippen LogP contribution in [-0.4, -0.2) is 28.2 Å². The number of hydrogen-bond donors (Lipinski definition) is 1. The molecule has 78 valence electrons. The van der Waals surface area contributed by atoms with Crippen LogP contribution in [0.3, 0.4) is 0 Å². The number of aryl methyl sites for hydroxylation is 1. The maximum Gasteiger partial charge on any atom is 0.223 e. The van der Waals surface area contributed by atoms with Crippen molar-refractivity contribution in [3.05, 3.63) is 11.6 Å². The van der Waals surface area contributed by atoms with E-state index in [1.165, 1.54) is 0 Å². The van der Waals surface area contributed by atoms with Crippen LogP contribution in [0.4, 0.5) is 5.95 Å². The van der Waals surface area contributed by atoms with Crippen molar-refractivity contribution in [3.8, 4) is 0 Å². The van der Waals surface area contributed by atoms with Crippen LogP contribution < -0.4 is 5.73 Å². The lowest BCUT2D eigenvalue weighted by molar-refractivity contribution is 0.117. The van der Waals surface area contributed by atoms with E-state index in [-0.39, 0.29) is 12.1 Å². The standard InChI is InChI=1S/C9H16N4O/c1-4-7-11-8(5-6(2)14-3)13-9(10)12-7/h6H,4-5H2,1-3H3,(H2,10,11,12,13). The Labute approximate surface area is 83.7 Å². The molecule has 1 unspecified atom stereocenters. The second-order valence-electron chi connectivity index (χ2n) is 3.13. The zero-order valence-corrected chi connectivity index (χ0v) is 8.82. The van der Waals surface area contributed by atoms with Gasteiger partial charge >= 0.3 is 0 Å². The molecule has 0 aliphatic heterocycles. The third-order valence-electron chi connectivity index (χ3n) is 1.93. The molecule has 0 aromatic carbocycles. The average molecular weight is 196 g/mol. The van der Waals surface area contributed by atoms with Crippen molar-refractivity contribution in [1.29, 1.82) is 0 Å². The molecule has 0 saturated carbocycles. The molecule has 1 aromatic rings. The lowest BCUT2D eigenvalue weighted by atomic mass is 10.2. The first-order valence-corrected chi connectivity index (χ1v) is 4.67. The second kappa shape index (κ2) is 4.85. The summed E-state index contributed by atoms with van der Waals surface area (Å²) in [6.45, 7) is 3.95. The molecule has 0 fully saturated rings. The van der Waals surface area contributed by atoms with E-state index >= 15 is 0 Å². The highest BCUT2D eigenvalue weighted by atomic mass is 16.5. The third kappa shape index (κ3) is 2.92. The van der Waals surface area contributed by atoms with Crippen LogP contribution in [0.15, 0.2) is 0 Å². The van der Waals surface area contributed by atoms with Crippen molar-refractivity contribution < 1.29 is 4.74 Å². The van der Waals surface area contributed by atoms with Gasteiger partial charge in [-0.2, -0.15) is 9.97 Å². The second-order valence-corrected chi connectivity index (χ2v) is 3.13. The highest BCUT2D eigenvalue weighted by molar-refractivity contribution is 5.16. The number of methoxy groups -OCH3 is 1. The number of anilines is 1. The number of rotatable bonds is 4. The van der Waals surface area contributed by atoms with Crippen LogP contribution in [0.1, 0.15) is 25.5 Å². The Morgan fingerprint density at radius 1 is 1.29 bits per heavy atom. The minimum atomic E-state index is 0.0986. The summed E-state index contributed by atoms with van der Waals surface area (Å²) in [4.78, 5) is 12.3. The zero-order valence-electron chi connectivity index (χ0n) is 8.82. The summed E-state index contributed by atoms with van der Waals surface area (Å²) < 4.78 is 5.13. The highest BCUT2D eigenvalue weighted by Crippen LogP contribution is 2.03. The Morgan fingerprint density at radius 3 is 2.50 bits per heavy atom. The van der Waals surface area contributed by atoms with Gasteiger partial charge in [0, 0.05) is 20.0 Å². The van der Waals surface area contributed by atoms with Crippen LogP contribution in [-0.2, 0) is 17.6 Å². The summed E-state index contributed by atoms with van der Waals surface area (Å²) in [7, 11) is 1.66. The lowest BCUT2D eigenvalue weighted by Gasteiger charge is -2.08. The number of aromatic nitrogens is 3. The predicted octanol–water partition coefficient (Wildman–Crippen LogP) is 0.594. The van der Waals surface area contributed by atoms with Gasteiger partial charge in [0.2, 0.25) is 5.95 Å². The van der Waals surface area contributed by atoms with E-state index in [9.17, 15) is 0 Å². The average Bonchev–Trinajstić information content (AvgIpc) is 2.16. The molecular formula is C9H16N4O. The van der Waals surface area contributed by atoms with Crippen LogP contribution in [0, 0.1) is 0 Å². The first-order valence-electron chi connectivity index (χ1n) is 4.67. The van der Waals surface area contributed by atoms with Crippen molar-refractivity contribution >= 4 is 5.95 Å². The van der Waals surface area contributed by atoms with Gasteiger partial charge in [-0.25, -0.2) is 4.98 Å². The Morgan fingerprint density at radius 2 is 1.93 bits per heavy atom. The molecule has 2 N–H and O–H groups in total. The van der Waals surface area contributed by atoms with Gasteiger partial charge in [0.15, 0.2) is 0 Å². The normalized spacial score (nSPS) is 12.8. The summed E-state index contributed by atoms with van der Waals surface area (Å²) in [5.41, 5.74) is 5.55. The minimum Gasteiger partial charge on any atom is -0.381 e. The predicted molar refractivity (Wildman–Crippen MR) is 53.8 cm³/mol. The molecule has 0 bridgehead atoms. The Bertz CT molecular complexity index is 303. The first kappa shape index (κ1) is 10.8. The largest absolute Gasteiger partial charge is 0.381 e. The van der Waals surface area contributed by atoms with Gasteiger partial charge < -0.3 is 10.5 Å². The Kier molecular flexibility index (Phi) is 3.76. The molecule has 1 aromatic heterocycles. The zero-order chi connectivity index (χ0) is 10.6. The van der Waals surface area contributed by atoms with Gasteiger partial charge in [-0.15, -0.1) is 0 Å². The summed E-state index contributed by atoms with van der Waals surface area (Å²) in [5, 5.41) is 0. The van der Waals surface area contributed by atoms with Crippen molar-refractivity contribution in [2.45, 2.75) is 32.8 Å². The van der Waals surface area contributed by atoms with Gasteiger partial charge in [0.1, 0.15) is 11.6 Å². The fourth-order valence-electron chi connectivity index (χ4n) is 1.08. The number of nitrogen functional groups attached to an aromatic ring is 1. The molecule has 1 heterocycles. The summed E-state index contributed by atoms with van der Waals surface area (Å²) >= 11 is 0. The maximum atomic E-state index is 5.55. The van der Waals surface area contributed by atoms with Gasteiger partial charge in [0.25, 0.3) is 0 Å². The van der Waals surface area contributed by atoms with Gasteiger partial charge in [-0.1, -0.05) is 6.92 Å². The molecule has 0 saturated heterocycles. The van der Waals surface area contributed by atoms with E-state index in [4.69, 9.17) is 10.5 Å². The number of nitrogens with zero attached hydrogens (tertiary/aromatic N) is 3. The van der Waals surface area contributed by atoms with Crippen molar-refractivity contribution in [2.24, 2.45) is 0 Å². The van der Waals surface area contributed by atoms with E-state index in [2.05, 4.69) is 15.0 Å². The van der Waals surface area contributed by atoms with E-state index in [0.29, 0.717) is 12.2 Å². The quantitative estimate of drug-likeness (QED) is 0.763. The van der Waals surface area contributed by atoms with E-state index in [0.717, 1.165) is 12.2 Å². The maximum absolute atomic E-state index is 5.55. The van der Waals surface area contributed by atoms with Crippen molar-refractivity contribution in [2.75, 3.05) is 12.8 Å². The molecule has 0 aliphatic carbocycles. The molecule has 0 aliphatic rings. The first-order chi connectivity index (χ1) is 6.65. The molecule has 5 heteroatoms. The van der Waals surface area contributed by atoms with E-state index in [1.54, 1.807) is 7.11 Å². The van der Waals surface area contributed by atoms with Crippen LogP contribution >= 0.6 is 0 Å².